The molecule has 0 saturated carbocycles. The van der Waals surface area contributed by atoms with Crippen LogP contribution in [0, 0.1) is 0 Å². The lowest BCUT2D eigenvalue weighted by atomic mass is 10.2. The third kappa shape index (κ3) is 5.70. The molecule has 0 bridgehead atoms. The van der Waals surface area contributed by atoms with Crippen molar-refractivity contribution in [1.29, 1.82) is 0 Å². The summed E-state index contributed by atoms with van der Waals surface area (Å²) in [6.07, 6.45) is 6.80. The number of nitrogens with zero attached hydrogens (tertiary/aromatic N) is 1. The van der Waals surface area contributed by atoms with E-state index in [1.807, 2.05) is 0 Å². The number of nitrogens with one attached hydrogen (secondary N) is 1. The molecule has 0 unspecified atom stereocenters. The predicted octanol–water partition coefficient (Wildman–Crippen LogP) is 3.61. The van der Waals surface area contributed by atoms with E-state index in [-0.39, 0.29) is 5.91 Å². The van der Waals surface area contributed by atoms with Gasteiger partial charge in [0.2, 0.25) is 5.91 Å². The average Bonchev–Trinajstić information content (AvgIpc) is 2.96. The Hall–Kier alpha value is -1.03. The van der Waals surface area contributed by atoms with Gasteiger partial charge in [-0.3, -0.25) is 4.79 Å². The van der Waals surface area contributed by atoms with Crippen LogP contribution in [-0.4, -0.2) is 37.0 Å². The summed E-state index contributed by atoms with van der Waals surface area (Å²) < 4.78 is 0. The number of hydrogen-bond acceptors (Lipinski definition) is 2. The number of halogens is 2. The molecule has 0 aromatic heterocycles. The molecule has 1 aliphatic rings. The normalized spacial score (nSPS) is 15.7. The van der Waals surface area contributed by atoms with Crippen LogP contribution >= 0.6 is 23.2 Å². The Morgan fingerprint density at radius 3 is 2.76 bits per heavy atom. The first-order valence-corrected chi connectivity index (χ1v) is 8.04. The van der Waals surface area contributed by atoms with Gasteiger partial charge in [-0.1, -0.05) is 29.3 Å². The van der Waals surface area contributed by atoms with Crippen LogP contribution in [-0.2, 0) is 4.79 Å². The average molecular weight is 327 g/mol. The van der Waals surface area contributed by atoms with E-state index in [4.69, 9.17) is 23.2 Å². The van der Waals surface area contributed by atoms with Gasteiger partial charge in [0.25, 0.3) is 0 Å². The molecule has 1 fully saturated rings. The van der Waals surface area contributed by atoms with Gasteiger partial charge in [-0.2, -0.15) is 0 Å². The van der Waals surface area contributed by atoms with Gasteiger partial charge in [-0.25, -0.2) is 0 Å². The Balaban J connectivity index is 1.69. The third-order valence-corrected chi connectivity index (χ3v) is 4.09. The van der Waals surface area contributed by atoms with Crippen molar-refractivity contribution in [3.05, 3.63) is 39.9 Å². The minimum atomic E-state index is -0.0950. The number of carbonyl (C=O) groups is 1. The van der Waals surface area contributed by atoms with Crippen LogP contribution in [0.15, 0.2) is 24.3 Å². The number of carbonyl (C=O) groups excluding carboxylic acids is 1. The summed E-state index contributed by atoms with van der Waals surface area (Å²) >= 11 is 11.9. The largest absolute Gasteiger partial charge is 0.353 e. The van der Waals surface area contributed by atoms with E-state index < -0.39 is 0 Å². The summed E-state index contributed by atoms with van der Waals surface area (Å²) in [5, 5.41) is 4.01. The lowest BCUT2D eigenvalue weighted by molar-refractivity contribution is -0.116. The summed E-state index contributed by atoms with van der Waals surface area (Å²) in [4.78, 5) is 14.2. The lowest BCUT2D eigenvalue weighted by Crippen LogP contribution is -2.27. The lowest BCUT2D eigenvalue weighted by Gasteiger charge is -2.13. The smallest absolute Gasteiger partial charge is 0.244 e. The van der Waals surface area contributed by atoms with E-state index >= 15 is 0 Å². The predicted molar refractivity (Wildman–Crippen MR) is 88.8 cm³/mol. The van der Waals surface area contributed by atoms with Gasteiger partial charge in [-0.15, -0.1) is 0 Å². The van der Waals surface area contributed by atoms with E-state index in [9.17, 15) is 4.79 Å². The van der Waals surface area contributed by atoms with E-state index in [1.54, 1.807) is 24.3 Å². The Morgan fingerprint density at radius 2 is 2.05 bits per heavy atom. The zero-order valence-electron chi connectivity index (χ0n) is 11.9. The molecular formula is C16H20Cl2N2O. The van der Waals surface area contributed by atoms with Crippen molar-refractivity contribution < 1.29 is 4.79 Å². The number of rotatable bonds is 6. The highest BCUT2D eigenvalue weighted by Crippen LogP contribution is 2.21. The van der Waals surface area contributed by atoms with Crippen molar-refractivity contribution in [3.63, 3.8) is 0 Å². The third-order valence-electron chi connectivity index (χ3n) is 3.53. The number of likely N-dealkylation sites (tertiary alicyclic amines) is 1. The zero-order chi connectivity index (χ0) is 15.1. The summed E-state index contributed by atoms with van der Waals surface area (Å²) in [5.74, 6) is -0.0950. The highest BCUT2D eigenvalue weighted by Gasteiger charge is 2.10. The summed E-state index contributed by atoms with van der Waals surface area (Å²) in [6.45, 7) is 4.16. The maximum Gasteiger partial charge on any atom is 0.244 e. The molecular weight excluding hydrogens is 307 g/mol. The standard InChI is InChI=1S/C16H20Cl2N2O/c17-14-6-4-13(15(18)12-14)5-7-16(21)19-8-3-11-20-9-1-2-10-20/h4-7,12H,1-3,8-11H2,(H,19,21)/b7-5+. The van der Waals surface area contributed by atoms with Gasteiger partial charge >= 0.3 is 0 Å². The quantitative estimate of drug-likeness (QED) is 0.639. The molecule has 1 heterocycles. The van der Waals surface area contributed by atoms with Crippen LogP contribution in [0.5, 0.6) is 0 Å². The second-order valence-corrected chi connectivity index (χ2v) is 6.04. The van der Waals surface area contributed by atoms with Crippen molar-refractivity contribution in [3.8, 4) is 0 Å². The summed E-state index contributed by atoms with van der Waals surface area (Å²) in [6, 6.07) is 5.21. The van der Waals surface area contributed by atoms with E-state index in [0.29, 0.717) is 16.6 Å². The van der Waals surface area contributed by atoms with Crippen LogP contribution < -0.4 is 5.32 Å². The van der Waals surface area contributed by atoms with Crippen molar-refractivity contribution in [2.24, 2.45) is 0 Å². The highest BCUT2D eigenvalue weighted by molar-refractivity contribution is 6.35. The zero-order valence-corrected chi connectivity index (χ0v) is 13.5. The molecule has 1 saturated heterocycles. The van der Waals surface area contributed by atoms with Crippen molar-refractivity contribution in [2.45, 2.75) is 19.3 Å². The SMILES string of the molecule is O=C(/C=C/c1ccc(Cl)cc1Cl)NCCCN1CCCC1. The number of benzene rings is 1. The molecule has 1 amide bonds. The second-order valence-electron chi connectivity index (χ2n) is 5.19. The minimum absolute atomic E-state index is 0.0950. The first kappa shape index (κ1) is 16.3. The van der Waals surface area contributed by atoms with Crippen LogP contribution in [0.1, 0.15) is 24.8 Å². The molecule has 1 N–H and O–H groups in total. The van der Waals surface area contributed by atoms with Gasteiger partial charge < -0.3 is 10.2 Å². The molecule has 0 spiro atoms. The first-order valence-electron chi connectivity index (χ1n) is 7.28. The van der Waals surface area contributed by atoms with Crippen molar-refractivity contribution in [2.75, 3.05) is 26.2 Å². The Labute approximate surface area is 135 Å². The topological polar surface area (TPSA) is 32.3 Å². The molecule has 1 aliphatic heterocycles. The maximum atomic E-state index is 11.7. The molecule has 21 heavy (non-hydrogen) atoms. The van der Waals surface area contributed by atoms with Gasteiger partial charge in [-0.05, 0) is 62.7 Å². The fraction of sp³-hybridized carbons (Fsp3) is 0.438. The summed E-state index contributed by atoms with van der Waals surface area (Å²) in [5.41, 5.74) is 0.785. The maximum absolute atomic E-state index is 11.7. The number of hydrogen-bond donors (Lipinski definition) is 1. The molecule has 3 nitrogen and oxygen atoms in total. The molecule has 114 valence electrons. The second kappa shape index (κ2) is 8.42. The molecule has 0 atom stereocenters. The van der Waals surface area contributed by atoms with Crippen molar-refractivity contribution in [1.82, 2.24) is 10.2 Å². The Morgan fingerprint density at radius 1 is 1.29 bits per heavy atom. The molecule has 2 rings (SSSR count). The molecule has 1 aromatic rings. The minimum Gasteiger partial charge on any atom is -0.353 e. The molecule has 1 aromatic carbocycles. The Bertz CT molecular complexity index is 511. The van der Waals surface area contributed by atoms with E-state index in [1.165, 1.54) is 32.0 Å². The monoisotopic (exact) mass is 326 g/mol. The fourth-order valence-electron chi connectivity index (χ4n) is 2.38. The van der Waals surface area contributed by atoms with E-state index in [2.05, 4.69) is 10.2 Å². The van der Waals surface area contributed by atoms with Crippen molar-refractivity contribution >= 4 is 35.2 Å². The van der Waals surface area contributed by atoms with Gasteiger partial charge in [0.15, 0.2) is 0 Å². The van der Waals surface area contributed by atoms with E-state index in [0.717, 1.165) is 18.5 Å². The van der Waals surface area contributed by atoms with Crippen LogP contribution in [0.4, 0.5) is 0 Å². The highest BCUT2D eigenvalue weighted by atomic mass is 35.5. The molecule has 5 heteroatoms. The summed E-state index contributed by atoms with van der Waals surface area (Å²) in [7, 11) is 0. The van der Waals surface area contributed by atoms with Gasteiger partial charge in [0.1, 0.15) is 0 Å². The Kier molecular flexibility index (Phi) is 6.55. The van der Waals surface area contributed by atoms with Crippen LogP contribution in [0.25, 0.3) is 6.08 Å². The number of amides is 1. The fourth-order valence-corrected chi connectivity index (χ4v) is 2.85. The van der Waals surface area contributed by atoms with Gasteiger partial charge in [0.05, 0.1) is 0 Å². The molecule has 0 aliphatic carbocycles. The van der Waals surface area contributed by atoms with Crippen LogP contribution in [0.2, 0.25) is 10.0 Å². The molecule has 0 radical (unpaired) electrons. The first-order chi connectivity index (χ1) is 10.1. The van der Waals surface area contributed by atoms with Gasteiger partial charge in [0, 0.05) is 22.7 Å². The van der Waals surface area contributed by atoms with Crippen LogP contribution in [0.3, 0.4) is 0 Å².